The zero-order chi connectivity index (χ0) is 21.5. The van der Waals surface area contributed by atoms with Crippen molar-refractivity contribution in [2.75, 3.05) is 18.6 Å². The fourth-order valence-corrected chi connectivity index (χ4v) is 4.03. The molecule has 1 unspecified atom stereocenters. The number of nitrogens with one attached hydrogen (secondary N) is 1. The molecule has 0 aliphatic carbocycles. The number of hydrogen-bond donors (Lipinski definition) is 1. The highest BCUT2D eigenvalue weighted by Crippen LogP contribution is 2.40. The van der Waals surface area contributed by atoms with E-state index in [1.54, 1.807) is 22.8 Å². The van der Waals surface area contributed by atoms with Crippen LogP contribution in [0.2, 0.25) is 0 Å². The topological polar surface area (TPSA) is 124 Å². The minimum atomic E-state index is -0.555. The number of pyridine rings is 1. The van der Waals surface area contributed by atoms with Crippen molar-refractivity contribution in [2.24, 2.45) is 7.05 Å². The number of tetrazole rings is 1. The van der Waals surface area contributed by atoms with Gasteiger partial charge in [0.05, 0.1) is 25.4 Å². The first-order chi connectivity index (χ1) is 15.0. The number of ether oxygens (including phenoxy) is 2. The fourth-order valence-electron chi connectivity index (χ4n) is 4.03. The van der Waals surface area contributed by atoms with Crippen LogP contribution in [0.5, 0.6) is 0 Å². The summed E-state index contributed by atoms with van der Waals surface area (Å²) in [6, 6.07) is 9.60. The van der Waals surface area contributed by atoms with Crippen LogP contribution >= 0.6 is 0 Å². The lowest BCUT2D eigenvalue weighted by Gasteiger charge is -2.16. The molecule has 2 atom stereocenters. The fraction of sp³-hybridized carbons (Fsp3) is 0.300. The molecule has 0 bridgehead atoms. The van der Waals surface area contributed by atoms with Crippen LogP contribution < -0.4 is 10.2 Å². The second kappa shape index (κ2) is 7.35. The SMILES string of the molecule is COC(=O)NC[C@@H]1OC(=O)N2c3ccc(-c4ccc(-c5nnnn5C)nc4)cc3CC12. The van der Waals surface area contributed by atoms with Gasteiger partial charge in [-0.3, -0.25) is 9.88 Å². The molecule has 1 saturated heterocycles. The number of benzene rings is 1. The minimum absolute atomic E-state index is 0.168. The summed E-state index contributed by atoms with van der Waals surface area (Å²) in [4.78, 5) is 29.9. The van der Waals surface area contributed by atoms with Crippen LogP contribution in [0.25, 0.3) is 22.6 Å². The largest absolute Gasteiger partial charge is 0.453 e. The predicted molar refractivity (Wildman–Crippen MR) is 108 cm³/mol. The smallest absolute Gasteiger partial charge is 0.415 e. The average Bonchev–Trinajstić information content (AvgIpc) is 3.46. The lowest BCUT2D eigenvalue weighted by atomic mass is 10.0. The van der Waals surface area contributed by atoms with Gasteiger partial charge in [0, 0.05) is 18.8 Å². The third kappa shape index (κ3) is 3.23. The first-order valence-electron chi connectivity index (χ1n) is 9.69. The molecule has 1 fully saturated rings. The highest BCUT2D eigenvalue weighted by atomic mass is 16.6. The van der Waals surface area contributed by atoms with Gasteiger partial charge in [0.2, 0.25) is 0 Å². The molecule has 158 valence electrons. The van der Waals surface area contributed by atoms with Crippen molar-refractivity contribution in [2.45, 2.75) is 18.6 Å². The Hall–Kier alpha value is -4.02. The Morgan fingerprint density at radius 2 is 2.13 bits per heavy atom. The third-order valence-corrected chi connectivity index (χ3v) is 5.56. The van der Waals surface area contributed by atoms with E-state index in [9.17, 15) is 9.59 Å². The number of aryl methyl sites for hydroxylation is 1. The van der Waals surface area contributed by atoms with Gasteiger partial charge in [0.1, 0.15) is 11.8 Å². The quantitative estimate of drug-likeness (QED) is 0.673. The van der Waals surface area contributed by atoms with Crippen molar-refractivity contribution >= 4 is 17.9 Å². The van der Waals surface area contributed by atoms with Crippen LogP contribution in [0.15, 0.2) is 36.5 Å². The van der Waals surface area contributed by atoms with Gasteiger partial charge in [-0.1, -0.05) is 12.1 Å². The number of cyclic esters (lactones) is 1. The van der Waals surface area contributed by atoms with E-state index in [0.717, 1.165) is 22.4 Å². The van der Waals surface area contributed by atoms with E-state index >= 15 is 0 Å². The van der Waals surface area contributed by atoms with Gasteiger partial charge in [-0.15, -0.1) is 5.10 Å². The highest BCUT2D eigenvalue weighted by molar-refractivity contribution is 5.94. The standard InChI is InChI=1S/C20H19N7O4/c1-26-18(23-24-25-26)14-5-3-12(9-21-14)11-4-6-15-13(7-11)8-16-17(10-22-19(28)30-2)31-20(29)27(15)16/h3-7,9,16-17H,8,10H2,1-2H3,(H,22,28)/t16?,17-/m0/s1. The number of nitrogens with zero attached hydrogens (tertiary/aromatic N) is 6. The third-order valence-electron chi connectivity index (χ3n) is 5.56. The van der Waals surface area contributed by atoms with Crippen molar-refractivity contribution in [1.82, 2.24) is 30.5 Å². The highest BCUT2D eigenvalue weighted by Gasteiger charge is 2.47. The average molecular weight is 421 g/mol. The molecular formula is C20H19N7O4. The van der Waals surface area contributed by atoms with E-state index in [0.29, 0.717) is 17.9 Å². The summed E-state index contributed by atoms with van der Waals surface area (Å²) in [5.41, 5.74) is 4.49. The van der Waals surface area contributed by atoms with Crippen molar-refractivity contribution in [3.05, 3.63) is 42.1 Å². The van der Waals surface area contributed by atoms with E-state index in [-0.39, 0.29) is 12.6 Å². The first kappa shape index (κ1) is 19.0. The second-order valence-corrected chi connectivity index (χ2v) is 7.34. The number of aromatic nitrogens is 5. The molecular weight excluding hydrogens is 402 g/mol. The Balaban J connectivity index is 1.37. The second-order valence-electron chi connectivity index (χ2n) is 7.34. The maximum atomic E-state index is 12.4. The van der Waals surface area contributed by atoms with Gasteiger partial charge in [-0.2, -0.15) is 0 Å². The molecule has 2 aromatic heterocycles. The number of alkyl carbamates (subject to hydrolysis) is 1. The maximum absolute atomic E-state index is 12.4. The molecule has 11 heteroatoms. The molecule has 1 aromatic carbocycles. The lowest BCUT2D eigenvalue weighted by Crippen LogP contribution is -2.40. The maximum Gasteiger partial charge on any atom is 0.415 e. The molecule has 0 spiro atoms. The van der Waals surface area contributed by atoms with Gasteiger partial charge >= 0.3 is 12.2 Å². The molecule has 0 radical (unpaired) electrons. The number of anilines is 1. The Morgan fingerprint density at radius 1 is 1.29 bits per heavy atom. The van der Waals surface area contributed by atoms with Crippen LogP contribution in [0, 0.1) is 0 Å². The minimum Gasteiger partial charge on any atom is -0.453 e. The summed E-state index contributed by atoms with van der Waals surface area (Å²) in [7, 11) is 3.05. The zero-order valence-corrected chi connectivity index (χ0v) is 16.8. The first-order valence-corrected chi connectivity index (χ1v) is 9.69. The van der Waals surface area contributed by atoms with Crippen molar-refractivity contribution < 1.29 is 19.1 Å². The predicted octanol–water partition coefficient (Wildman–Crippen LogP) is 1.54. The van der Waals surface area contributed by atoms with Crippen molar-refractivity contribution in [3.8, 4) is 22.6 Å². The van der Waals surface area contributed by atoms with E-state index < -0.39 is 18.3 Å². The molecule has 11 nitrogen and oxygen atoms in total. The van der Waals surface area contributed by atoms with Crippen molar-refractivity contribution in [1.29, 1.82) is 0 Å². The van der Waals surface area contributed by atoms with E-state index in [2.05, 4.69) is 36.6 Å². The van der Waals surface area contributed by atoms with Gasteiger partial charge in [0.15, 0.2) is 5.82 Å². The lowest BCUT2D eigenvalue weighted by molar-refractivity contribution is 0.123. The zero-order valence-electron chi connectivity index (χ0n) is 16.8. The monoisotopic (exact) mass is 421 g/mol. The Kier molecular flexibility index (Phi) is 4.50. The van der Waals surface area contributed by atoms with E-state index in [1.165, 1.54) is 7.11 Å². The molecule has 2 aliphatic heterocycles. The molecule has 1 N–H and O–H groups in total. The Labute approximate surface area is 177 Å². The van der Waals surface area contributed by atoms with Crippen LogP contribution in [0.3, 0.4) is 0 Å². The number of carbonyl (C=O) groups excluding carboxylic acids is 2. The molecule has 31 heavy (non-hydrogen) atoms. The molecule has 2 amide bonds. The number of methoxy groups -OCH3 is 1. The number of rotatable bonds is 4. The summed E-state index contributed by atoms with van der Waals surface area (Å²) >= 11 is 0. The molecule has 4 heterocycles. The van der Waals surface area contributed by atoms with Gasteiger partial charge < -0.3 is 14.8 Å². The molecule has 0 saturated carbocycles. The number of hydrogen-bond acceptors (Lipinski definition) is 8. The normalized spacial score (nSPS) is 19.0. The summed E-state index contributed by atoms with van der Waals surface area (Å²) in [5, 5.41) is 14.0. The van der Waals surface area contributed by atoms with Gasteiger partial charge in [-0.25, -0.2) is 14.3 Å². The summed E-state index contributed by atoms with van der Waals surface area (Å²) in [5.74, 6) is 0.589. The van der Waals surface area contributed by atoms with E-state index in [1.807, 2.05) is 24.3 Å². The summed E-state index contributed by atoms with van der Waals surface area (Å²) < 4.78 is 11.6. The van der Waals surface area contributed by atoms with E-state index in [4.69, 9.17) is 4.74 Å². The van der Waals surface area contributed by atoms with Crippen molar-refractivity contribution in [3.63, 3.8) is 0 Å². The number of carbonyl (C=O) groups is 2. The Bertz CT molecular complexity index is 1160. The number of fused-ring (bicyclic) bond motifs is 3. The van der Waals surface area contributed by atoms with Crippen LogP contribution in [-0.4, -0.2) is 63.2 Å². The molecule has 5 rings (SSSR count). The Morgan fingerprint density at radius 3 is 2.84 bits per heavy atom. The molecule has 2 aliphatic rings. The molecule has 3 aromatic rings. The number of amides is 2. The van der Waals surface area contributed by atoms with Crippen LogP contribution in [0.1, 0.15) is 5.56 Å². The van der Waals surface area contributed by atoms with Gasteiger partial charge in [-0.05, 0) is 46.2 Å². The summed E-state index contributed by atoms with van der Waals surface area (Å²) in [6.07, 6.45) is 1.01. The summed E-state index contributed by atoms with van der Waals surface area (Å²) in [6.45, 7) is 0.197. The van der Waals surface area contributed by atoms with Crippen LogP contribution in [-0.2, 0) is 22.9 Å². The van der Waals surface area contributed by atoms with Gasteiger partial charge in [0.25, 0.3) is 0 Å². The van der Waals surface area contributed by atoms with Crippen LogP contribution in [0.4, 0.5) is 15.3 Å².